The number of rotatable bonds is 4. The lowest BCUT2D eigenvalue weighted by atomic mass is 10.1. The summed E-state index contributed by atoms with van der Waals surface area (Å²) in [5, 5.41) is 15.9. The monoisotopic (exact) mass is 503 g/mol. The summed E-state index contributed by atoms with van der Waals surface area (Å²) in [6.07, 6.45) is -3.21. The maximum absolute atomic E-state index is 10.6. The quantitative estimate of drug-likeness (QED) is 0.442. The first-order valence-corrected chi connectivity index (χ1v) is 11.1. The fraction of sp³-hybridized carbons (Fsp3) is 0.333. The molecule has 1 aliphatic heterocycles. The van der Waals surface area contributed by atoms with Crippen molar-refractivity contribution in [2.75, 3.05) is 19.7 Å². The number of carboxylic acids is 1. The number of benzene rings is 1. The molecule has 1 aliphatic rings. The highest BCUT2D eigenvalue weighted by Gasteiger charge is 2.38. The molecule has 0 radical (unpaired) electrons. The number of halogens is 3. The van der Waals surface area contributed by atoms with E-state index in [1.807, 2.05) is 48.8 Å². The van der Waals surface area contributed by atoms with Gasteiger partial charge in [-0.2, -0.15) is 13.2 Å². The third-order valence-corrected chi connectivity index (χ3v) is 5.70. The SMILES string of the molecule is Cc1noc(C)c1CN1CCOC(c2nc3ccc(-c4ccccc4)cn3n2)C1.O=C(O)C(F)(F)F. The number of aryl methyl sites for hydroxylation is 2. The molecule has 0 amide bonds. The number of fused-ring (bicyclic) bond motifs is 1. The number of hydrogen-bond acceptors (Lipinski definition) is 7. The van der Waals surface area contributed by atoms with Crippen molar-refractivity contribution >= 4 is 11.6 Å². The van der Waals surface area contributed by atoms with Crippen LogP contribution in [0.5, 0.6) is 0 Å². The number of carboxylic acid groups (broad SMARTS) is 1. The van der Waals surface area contributed by atoms with Crippen LogP contribution in [0, 0.1) is 13.8 Å². The molecule has 1 N–H and O–H groups in total. The summed E-state index contributed by atoms with van der Waals surface area (Å²) >= 11 is 0. The van der Waals surface area contributed by atoms with E-state index in [0.29, 0.717) is 6.61 Å². The van der Waals surface area contributed by atoms with Crippen molar-refractivity contribution in [3.63, 3.8) is 0 Å². The van der Waals surface area contributed by atoms with E-state index in [0.717, 1.165) is 59.3 Å². The predicted molar refractivity (Wildman–Crippen MR) is 122 cm³/mol. The Labute approximate surface area is 204 Å². The Kier molecular flexibility index (Phi) is 7.36. The summed E-state index contributed by atoms with van der Waals surface area (Å²) in [7, 11) is 0. The zero-order chi connectivity index (χ0) is 25.9. The van der Waals surface area contributed by atoms with E-state index in [2.05, 4.69) is 28.3 Å². The number of pyridine rings is 1. The number of aromatic nitrogens is 4. The molecule has 0 bridgehead atoms. The van der Waals surface area contributed by atoms with Gasteiger partial charge in [-0.3, -0.25) is 4.90 Å². The molecule has 190 valence electrons. The Morgan fingerprint density at radius 2 is 1.86 bits per heavy atom. The Bertz CT molecular complexity index is 1320. The van der Waals surface area contributed by atoms with Gasteiger partial charge in [0, 0.05) is 37.0 Å². The number of aliphatic carboxylic acids is 1. The fourth-order valence-corrected chi connectivity index (χ4v) is 3.79. The van der Waals surface area contributed by atoms with E-state index in [9.17, 15) is 13.2 Å². The first-order chi connectivity index (χ1) is 17.1. The van der Waals surface area contributed by atoms with Crippen LogP contribution in [0.4, 0.5) is 13.2 Å². The number of carbonyl (C=O) groups is 1. The lowest BCUT2D eigenvalue weighted by Gasteiger charge is -2.31. The van der Waals surface area contributed by atoms with Crippen LogP contribution in [0.25, 0.3) is 16.8 Å². The summed E-state index contributed by atoms with van der Waals surface area (Å²) in [4.78, 5) is 16.0. The Morgan fingerprint density at radius 1 is 1.14 bits per heavy atom. The molecule has 0 spiro atoms. The van der Waals surface area contributed by atoms with Crippen molar-refractivity contribution in [3.8, 4) is 11.1 Å². The highest BCUT2D eigenvalue weighted by atomic mass is 19.4. The van der Waals surface area contributed by atoms with Gasteiger partial charge < -0.3 is 14.4 Å². The van der Waals surface area contributed by atoms with E-state index in [4.69, 9.17) is 29.2 Å². The molecule has 1 fully saturated rings. The number of morpholine rings is 1. The largest absolute Gasteiger partial charge is 0.490 e. The maximum atomic E-state index is 10.6. The molecule has 1 atom stereocenters. The van der Waals surface area contributed by atoms with Crippen LogP contribution in [0.15, 0.2) is 53.2 Å². The molecule has 1 saturated heterocycles. The number of hydrogen-bond donors (Lipinski definition) is 1. The second-order valence-corrected chi connectivity index (χ2v) is 8.26. The Hall–Kier alpha value is -3.77. The van der Waals surface area contributed by atoms with E-state index in [1.54, 1.807) is 0 Å². The molecule has 36 heavy (non-hydrogen) atoms. The van der Waals surface area contributed by atoms with E-state index in [-0.39, 0.29) is 6.10 Å². The van der Waals surface area contributed by atoms with Gasteiger partial charge in [-0.25, -0.2) is 14.3 Å². The van der Waals surface area contributed by atoms with Gasteiger partial charge in [-0.15, -0.1) is 5.10 Å². The average Bonchev–Trinajstić information content (AvgIpc) is 3.43. The standard InChI is InChI=1S/C22H23N5O2.C2HF3O2/c1-15-19(16(2)29-25-15)13-26-10-11-28-20(14-26)22-23-21-9-8-18(12-27(21)24-22)17-6-4-3-5-7-17;3-2(4,5)1(6)7/h3-9,12,20H,10-11,13-14H2,1-2H3;(H,6,7). The van der Waals surface area contributed by atoms with Gasteiger partial charge in [-0.05, 0) is 31.5 Å². The highest BCUT2D eigenvalue weighted by Crippen LogP contribution is 2.25. The van der Waals surface area contributed by atoms with E-state index in [1.165, 1.54) is 0 Å². The van der Waals surface area contributed by atoms with Crippen LogP contribution in [-0.4, -0.2) is 61.6 Å². The minimum absolute atomic E-state index is 0.149. The Balaban J connectivity index is 0.000000384. The van der Waals surface area contributed by atoms with Crippen LogP contribution in [0.2, 0.25) is 0 Å². The number of nitrogens with zero attached hydrogens (tertiary/aromatic N) is 5. The summed E-state index contributed by atoms with van der Waals surface area (Å²) in [6, 6.07) is 14.4. The molecule has 9 nitrogen and oxygen atoms in total. The minimum Gasteiger partial charge on any atom is -0.475 e. The van der Waals surface area contributed by atoms with Crippen molar-refractivity contribution in [3.05, 3.63) is 71.5 Å². The van der Waals surface area contributed by atoms with Crippen LogP contribution in [0.3, 0.4) is 0 Å². The molecule has 0 aliphatic carbocycles. The van der Waals surface area contributed by atoms with E-state index < -0.39 is 12.1 Å². The second kappa shape index (κ2) is 10.5. The molecular weight excluding hydrogens is 479 g/mol. The third-order valence-electron chi connectivity index (χ3n) is 5.70. The molecular formula is C24H24F3N5O4. The topological polar surface area (TPSA) is 106 Å². The van der Waals surface area contributed by atoms with Crippen LogP contribution in [0.1, 0.15) is 28.9 Å². The van der Waals surface area contributed by atoms with Gasteiger partial charge in [-0.1, -0.05) is 35.5 Å². The summed E-state index contributed by atoms with van der Waals surface area (Å²) in [5.41, 5.74) is 5.20. The van der Waals surface area contributed by atoms with Gasteiger partial charge in [0.15, 0.2) is 11.5 Å². The molecule has 1 aromatic carbocycles. The predicted octanol–water partition coefficient (Wildman–Crippen LogP) is 4.21. The lowest BCUT2D eigenvalue weighted by molar-refractivity contribution is -0.192. The average molecular weight is 503 g/mol. The maximum Gasteiger partial charge on any atom is 0.490 e. The van der Waals surface area contributed by atoms with Gasteiger partial charge in [0.05, 0.1) is 12.3 Å². The van der Waals surface area contributed by atoms with Crippen molar-refractivity contribution in [1.82, 2.24) is 24.7 Å². The number of alkyl halides is 3. The molecule has 12 heteroatoms. The van der Waals surface area contributed by atoms with Gasteiger partial charge in [0.2, 0.25) is 0 Å². The molecule has 1 unspecified atom stereocenters. The van der Waals surface area contributed by atoms with Crippen molar-refractivity contribution in [2.24, 2.45) is 0 Å². The summed E-state index contributed by atoms with van der Waals surface area (Å²) in [6.45, 7) is 7.00. The second-order valence-electron chi connectivity index (χ2n) is 8.26. The zero-order valence-electron chi connectivity index (χ0n) is 19.6. The van der Waals surface area contributed by atoms with Crippen LogP contribution < -0.4 is 0 Å². The van der Waals surface area contributed by atoms with Crippen molar-refractivity contribution in [2.45, 2.75) is 32.7 Å². The molecule has 4 aromatic rings. The molecule has 0 saturated carbocycles. The van der Waals surface area contributed by atoms with Gasteiger partial charge >= 0.3 is 12.1 Å². The van der Waals surface area contributed by atoms with Crippen molar-refractivity contribution < 1.29 is 32.3 Å². The number of ether oxygens (including phenoxy) is 1. The summed E-state index contributed by atoms with van der Waals surface area (Å²) < 4.78 is 44.9. The van der Waals surface area contributed by atoms with Crippen molar-refractivity contribution in [1.29, 1.82) is 0 Å². The third kappa shape index (κ3) is 5.89. The highest BCUT2D eigenvalue weighted by molar-refractivity contribution is 5.73. The minimum atomic E-state index is -5.08. The first-order valence-electron chi connectivity index (χ1n) is 11.1. The Morgan fingerprint density at radius 3 is 2.50 bits per heavy atom. The molecule has 5 rings (SSSR count). The van der Waals surface area contributed by atoms with Crippen LogP contribution in [-0.2, 0) is 16.1 Å². The fourth-order valence-electron chi connectivity index (χ4n) is 3.79. The smallest absolute Gasteiger partial charge is 0.475 e. The molecule has 4 heterocycles. The van der Waals surface area contributed by atoms with Gasteiger partial charge in [0.1, 0.15) is 11.9 Å². The van der Waals surface area contributed by atoms with Crippen LogP contribution >= 0.6 is 0 Å². The lowest BCUT2D eigenvalue weighted by Crippen LogP contribution is -2.38. The zero-order valence-corrected chi connectivity index (χ0v) is 19.6. The summed E-state index contributed by atoms with van der Waals surface area (Å²) in [5.74, 6) is -1.16. The first kappa shape index (κ1) is 25.3. The van der Waals surface area contributed by atoms with E-state index >= 15 is 0 Å². The molecule has 3 aromatic heterocycles. The normalized spacial score (nSPS) is 16.5. The van der Waals surface area contributed by atoms with Gasteiger partial charge in [0.25, 0.3) is 0 Å².